The topological polar surface area (TPSA) is 96.7 Å². The van der Waals surface area contributed by atoms with E-state index < -0.39 is 0 Å². The quantitative estimate of drug-likeness (QED) is 0.446. The second-order valence-electron chi connectivity index (χ2n) is 8.45. The first-order valence-electron chi connectivity index (χ1n) is 11.9. The lowest BCUT2D eigenvalue weighted by Gasteiger charge is -2.22. The molecule has 2 heterocycles. The Morgan fingerprint density at radius 3 is 2.75 bits per heavy atom. The van der Waals surface area contributed by atoms with Crippen LogP contribution in [0.1, 0.15) is 75.5 Å². The number of aliphatic hydroxyl groups is 1. The van der Waals surface area contributed by atoms with Crippen LogP contribution < -0.4 is 10.1 Å². The molecule has 2 aromatic rings. The van der Waals surface area contributed by atoms with Crippen LogP contribution in [0.4, 0.5) is 5.82 Å². The zero-order chi connectivity index (χ0) is 22.9. The smallest absolute Gasteiger partial charge is 0.154 e. The van der Waals surface area contributed by atoms with Gasteiger partial charge < -0.3 is 25.0 Å². The molecule has 176 valence electrons. The van der Waals surface area contributed by atoms with Crippen molar-refractivity contribution in [2.75, 3.05) is 19.0 Å². The molecule has 0 aliphatic carbocycles. The summed E-state index contributed by atoms with van der Waals surface area (Å²) in [6.45, 7) is 5.18. The molecular weight excluding hydrogens is 406 g/mol. The maximum atomic E-state index is 10.8. The highest BCUT2D eigenvalue weighted by molar-refractivity contribution is 5.76. The Morgan fingerprint density at radius 1 is 1.19 bits per heavy atom. The number of rotatable bonds is 10. The molecule has 7 heteroatoms. The number of ether oxygens (including phenoxy) is 2. The van der Waals surface area contributed by atoms with E-state index in [2.05, 4.69) is 29.4 Å². The average molecular weight is 444 g/mol. The van der Waals surface area contributed by atoms with E-state index in [0.717, 1.165) is 36.0 Å². The number of aromatic nitrogens is 2. The molecule has 3 N–H and O–H groups in total. The first-order valence-corrected chi connectivity index (χ1v) is 11.9. The standard InChI is InChI=1S/C25H37N3O4/c1-4-6-7-8-10-18(5-2)26-25-21(15-29)20-11-9-12-32-16-17-13-19(31-3)14-22(30)23(17)24(20)27-28-25/h13-14,18,29-30H,4-12,15-16H2,1-3H3,(H,26,28)/t18-/m0/s1. The van der Waals surface area contributed by atoms with E-state index in [-0.39, 0.29) is 18.4 Å². The van der Waals surface area contributed by atoms with Gasteiger partial charge in [0.2, 0.25) is 0 Å². The van der Waals surface area contributed by atoms with Gasteiger partial charge in [-0.2, -0.15) is 0 Å². The maximum absolute atomic E-state index is 10.8. The fourth-order valence-corrected chi connectivity index (χ4v) is 4.35. The number of phenolic OH excluding ortho intramolecular Hbond substituents is 1. The Hall–Kier alpha value is -2.38. The van der Waals surface area contributed by atoms with Gasteiger partial charge in [-0.05, 0) is 42.9 Å². The average Bonchev–Trinajstić information content (AvgIpc) is 2.89. The van der Waals surface area contributed by atoms with Gasteiger partial charge in [-0.3, -0.25) is 0 Å². The molecule has 0 bridgehead atoms. The Balaban J connectivity index is 1.99. The van der Waals surface area contributed by atoms with Gasteiger partial charge in [-0.25, -0.2) is 0 Å². The monoisotopic (exact) mass is 443 g/mol. The van der Waals surface area contributed by atoms with Crippen molar-refractivity contribution < 1.29 is 19.7 Å². The van der Waals surface area contributed by atoms with Gasteiger partial charge in [0.05, 0.1) is 20.3 Å². The highest BCUT2D eigenvalue weighted by atomic mass is 16.5. The molecule has 1 atom stereocenters. The van der Waals surface area contributed by atoms with Gasteiger partial charge in [0.25, 0.3) is 0 Å². The molecule has 0 amide bonds. The Kier molecular flexibility index (Phi) is 9.11. The van der Waals surface area contributed by atoms with E-state index in [1.54, 1.807) is 13.2 Å². The van der Waals surface area contributed by atoms with Crippen LogP contribution in [0.5, 0.6) is 11.5 Å². The van der Waals surface area contributed by atoms with Crippen molar-refractivity contribution in [1.82, 2.24) is 10.2 Å². The minimum atomic E-state index is -0.139. The van der Waals surface area contributed by atoms with Gasteiger partial charge in [-0.1, -0.05) is 39.5 Å². The summed E-state index contributed by atoms with van der Waals surface area (Å²) >= 11 is 0. The SMILES string of the molecule is CCCCCC[C@H](CC)Nc1nnc2c(c1CO)CCCOCc1cc(OC)cc(O)c1-2. The fraction of sp³-hybridized carbons (Fsp3) is 0.600. The Bertz CT molecular complexity index is 888. The van der Waals surface area contributed by atoms with Gasteiger partial charge in [0.15, 0.2) is 5.82 Å². The summed E-state index contributed by atoms with van der Waals surface area (Å²) in [7, 11) is 1.57. The number of hydrogen-bond donors (Lipinski definition) is 3. The third-order valence-electron chi connectivity index (χ3n) is 6.20. The molecule has 1 aliphatic rings. The number of phenols is 1. The molecule has 0 saturated heterocycles. The predicted octanol–water partition coefficient (Wildman–Crippen LogP) is 4.97. The van der Waals surface area contributed by atoms with Crippen molar-refractivity contribution in [3.63, 3.8) is 0 Å². The van der Waals surface area contributed by atoms with Crippen molar-refractivity contribution in [1.29, 1.82) is 0 Å². The number of aromatic hydroxyl groups is 1. The Morgan fingerprint density at radius 2 is 2.03 bits per heavy atom. The summed E-state index contributed by atoms with van der Waals surface area (Å²) in [4.78, 5) is 0. The van der Waals surface area contributed by atoms with E-state index in [1.807, 2.05) is 6.07 Å². The van der Waals surface area contributed by atoms with Crippen molar-refractivity contribution in [3.05, 3.63) is 28.8 Å². The van der Waals surface area contributed by atoms with E-state index in [1.165, 1.54) is 25.7 Å². The summed E-state index contributed by atoms with van der Waals surface area (Å²) in [6, 6.07) is 3.73. The van der Waals surface area contributed by atoms with Gasteiger partial charge >= 0.3 is 0 Å². The van der Waals surface area contributed by atoms with Crippen LogP contribution in [0.3, 0.4) is 0 Å². The minimum Gasteiger partial charge on any atom is -0.507 e. The van der Waals surface area contributed by atoms with Crippen LogP contribution in [-0.4, -0.2) is 40.2 Å². The number of aliphatic hydroxyl groups excluding tert-OH is 1. The van der Waals surface area contributed by atoms with E-state index >= 15 is 0 Å². The number of nitrogens with one attached hydrogen (secondary N) is 1. The molecule has 0 spiro atoms. The molecule has 0 fully saturated rings. The number of hydrogen-bond acceptors (Lipinski definition) is 7. The van der Waals surface area contributed by atoms with Crippen LogP contribution in [0.2, 0.25) is 0 Å². The van der Waals surface area contributed by atoms with Crippen LogP contribution in [-0.2, 0) is 24.4 Å². The van der Waals surface area contributed by atoms with E-state index in [0.29, 0.717) is 42.5 Å². The molecule has 0 unspecified atom stereocenters. The number of nitrogens with zero attached hydrogens (tertiary/aromatic N) is 2. The summed E-state index contributed by atoms with van der Waals surface area (Å²) in [6.07, 6.45) is 8.42. The summed E-state index contributed by atoms with van der Waals surface area (Å²) < 4.78 is 11.1. The summed E-state index contributed by atoms with van der Waals surface area (Å²) in [5, 5.41) is 33.7. The van der Waals surface area contributed by atoms with E-state index in [4.69, 9.17) is 9.47 Å². The number of methoxy groups -OCH3 is 1. The Labute approximate surface area is 191 Å². The number of anilines is 1. The lowest BCUT2D eigenvalue weighted by atomic mass is 9.94. The molecule has 32 heavy (non-hydrogen) atoms. The lowest BCUT2D eigenvalue weighted by molar-refractivity contribution is 0.119. The second-order valence-corrected chi connectivity index (χ2v) is 8.45. The van der Waals surface area contributed by atoms with Crippen molar-refractivity contribution in [2.45, 2.75) is 84.5 Å². The van der Waals surface area contributed by atoms with E-state index in [9.17, 15) is 10.2 Å². The molecule has 1 aromatic carbocycles. The first kappa shape index (κ1) is 24.3. The normalized spacial score (nSPS) is 14.5. The lowest BCUT2D eigenvalue weighted by Crippen LogP contribution is -2.21. The zero-order valence-corrected chi connectivity index (χ0v) is 19.6. The van der Waals surface area contributed by atoms with Crippen LogP contribution in [0.15, 0.2) is 12.1 Å². The molecule has 0 radical (unpaired) electrons. The third-order valence-corrected chi connectivity index (χ3v) is 6.20. The van der Waals surface area contributed by atoms with Crippen LogP contribution in [0.25, 0.3) is 11.3 Å². The van der Waals surface area contributed by atoms with Crippen molar-refractivity contribution >= 4 is 5.82 Å². The molecule has 1 aliphatic heterocycles. The van der Waals surface area contributed by atoms with Crippen LogP contribution >= 0.6 is 0 Å². The molecule has 7 nitrogen and oxygen atoms in total. The van der Waals surface area contributed by atoms with Gasteiger partial charge in [-0.15, -0.1) is 10.2 Å². The van der Waals surface area contributed by atoms with Gasteiger partial charge in [0.1, 0.15) is 17.2 Å². The van der Waals surface area contributed by atoms with Gasteiger partial charge in [0, 0.05) is 29.8 Å². The number of unbranched alkanes of at least 4 members (excludes halogenated alkanes) is 3. The minimum absolute atomic E-state index is 0.0763. The maximum Gasteiger partial charge on any atom is 0.154 e. The zero-order valence-electron chi connectivity index (χ0n) is 19.6. The summed E-state index contributed by atoms with van der Waals surface area (Å²) in [5.41, 5.74) is 3.67. The number of fused-ring (bicyclic) bond motifs is 3. The molecule has 3 rings (SSSR count). The second kappa shape index (κ2) is 12.0. The molecular formula is C25H37N3O4. The molecule has 1 aromatic heterocycles. The predicted molar refractivity (Wildman–Crippen MR) is 126 cm³/mol. The third kappa shape index (κ3) is 5.70. The number of benzene rings is 1. The highest BCUT2D eigenvalue weighted by Gasteiger charge is 2.24. The van der Waals surface area contributed by atoms with Crippen molar-refractivity contribution in [2.24, 2.45) is 0 Å². The fourth-order valence-electron chi connectivity index (χ4n) is 4.35. The largest absolute Gasteiger partial charge is 0.507 e. The van der Waals surface area contributed by atoms with Crippen LogP contribution in [0, 0.1) is 0 Å². The summed E-state index contributed by atoms with van der Waals surface area (Å²) in [5.74, 6) is 1.28. The van der Waals surface area contributed by atoms with Crippen molar-refractivity contribution in [3.8, 4) is 22.8 Å². The first-order chi connectivity index (χ1) is 15.6. The molecule has 0 saturated carbocycles. The highest BCUT2D eigenvalue weighted by Crippen LogP contribution is 2.40.